The number of thiazole rings is 1. The fourth-order valence-electron chi connectivity index (χ4n) is 3.48. The van der Waals surface area contributed by atoms with E-state index in [1.165, 1.54) is 10.4 Å². The maximum Gasteiger partial charge on any atom is 0.243 e. The van der Waals surface area contributed by atoms with Gasteiger partial charge in [0.05, 0.1) is 29.3 Å². The van der Waals surface area contributed by atoms with Crippen LogP contribution in [0.25, 0.3) is 10.6 Å². The van der Waals surface area contributed by atoms with Gasteiger partial charge in [0.15, 0.2) is 0 Å². The molecular weight excluding hydrogens is 432 g/mol. The standard InChI is InChI=1S/C22H22N4O3S2/c1-29-20-7-5-18(6-8-20)22-24-19(16-30-22)15-25-9-11-26(12-10-25)31(27,28)21-4-2-3-17(13-21)14-23/h2-8,13,16H,9-12,15H2,1H3. The summed E-state index contributed by atoms with van der Waals surface area (Å²) in [6.45, 7) is 2.77. The van der Waals surface area contributed by atoms with Crippen LogP contribution in [0.15, 0.2) is 58.8 Å². The number of methoxy groups -OCH3 is 1. The monoisotopic (exact) mass is 454 g/mol. The first-order valence-electron chi connectivity index (χ1n) is 9.81. The lowest BCUT2D eigenvalue weighted by Crippen LogP contribution is -2.48. The van der Waals surface area contributed by atoms with Gasteiger partial charge in [-0.05, 0) is 42.5 Å². The van der Waals surface area contributed by atoms with Crippen molar-refractivity contribution in [3.63, 3.8) is 0 Å². The van der Waals surface area contributed by atoms with Crippen LogP contribution < -0.4 is 4.74 Å². The highest BCUT2D eigenvalue weighted by Gasteiger charge is 2.28. The molecule has 1 aromatic heterocycles. The summed E-state index contributed by atoms with van der Waals surface area (Å²) >= 11 is 1.60. The summed E-state index contributed by atoms with van der Waals surface area (Å²) in [5, 5.41) is 12.0. The zero-order valence-electron chi connectivity index (χ0n) is 17.1. The van der Waals surface area contributed by atoms with Gasteiger partial charge in [-0.3, -0.25) is 4.90 Å². The molecule has 1 saturated heterocycles. The third kappa shape index (κ3) is 4.78. The van der Waals surface area contributed by atoms with Gasteiger partial charge >= 0.3 is 0 Å². The minimum Gasteiger partial charge on any atom is -0.497 e. The molecule has 2 aromatic carbocycles. The number of sulfonamides is 1. The molecule has 0 aliphatic carbocycles. The third-order valence-electron chi connectivity index (χ3n) is 5.21. The highest BCUT2D eigenvalue weighted by Crippen LogP contribution is 2.26. The normalized spacial score (nSPS) is 15.5. The van der Waals surface area contributed by atoms with Gasteiger partial charge in [0.1, 0.15) is 10.8 Å². The van der Waals surface area contributed by atoms with Crippen molar-refractivity contribution in [2.45, 2.75) is 11.4 Å². The van der Waals surface area contributed by atoms with Crippen molar-refractivity contribution >= 4 is 21.4 Å². The number of hydrogen-bond donors (Lipinski definition) is 0. The first-order valence-corrected chi connectivity index (χ1v) is 12.1. The van der Waals surface area contributed by atoms with Crippen LogP contribution in [0.5, 0.6) is 5.75 Å². The summed E-state index contributed by atoms with van der Waals surface area (Å²) in [6, 6.07) is 16.0. The molecule has 0 saturated carbocycles. The van der Waals surface area contributed by atoms with Crippen LogP contribution in [0, 0.1) is 11.3 Å². The second kappa shape index (κ2) is 9.16. The molecule has 0 amide bonds. The number of nitrogens with zero attached hydrogens (tertiary/aromatic N) is 4. The molecule has 2 heterocycles. The van der Waals surface area contributed by atoms with Gasteiger partial charge in [-0.1, -0.05) is 6.07 Å². The minimum atomic E-state index is -3.60. The first kappa shape index (κ1) is 21.5. The average molecular weight is 455 g/mol. The molecule has 160 valence electrons. The number of nitriles is 1. The van der Waals surface area contributed by atoms with E-state index in [2.05, 4.69) is 10.3 Å². The minimum absolute atomic E-state index is 0.170. The van der Waals surface area contributed by atoms with Crippen LogP contribution in [0.4, 0.5) is 0 Å². The van der Waals surface area contributed by atoms with Crippen molar-refractivity contribution < 1.29 is 13.2 Å². The van der Waals surface area contributed by atoms with E-state index in [-0.39, 0.29) is 4.90 Å². The summed E-state index contributed by atoms with van der Waals surface area (Å²) in [4.78, 5) is 7.12. The number of aromatic nitrogens is 1. The van der Waals surface area contributed by atoms with Gasteiger partial charge in [0.25, 0.3) is 0 Å². The molecule has 0 radical (unpaired) electrons. The Kier molecular flexibility index (Phi) is 6.34. The van der Waals surface area contributed by atoms with E-state index in [9.17, 15) is 8.42 Å². The lowest BCUT2D eigenvalue weighted by atomic mass is 10.2. The van der Waals surface area contributed by atoms with E-state index < -0.39 is 10.0 Å². The Bertz CT molecular complexity index is 1190. The highest BCUT2D eigenvalue weighted by molar-refractivity contribution is 7.89. The van der Waals surface area contributed by atoms with Crippen LogP contribution in [0.2, 0.25) is 0 Å². The average Bonchev–Trinajstić information content (AvgIpc) is 3.28. The maximum atomic E-state index is 12.9. The van der Waals surface area contributed by atoms with Crippen molar-refractivity contribution in [3.05, 3.63) is 65.2 Å². The number of hydrogen-bond acceptors (Lipinski definition) is 7. The number of rotatable bonds is 6. The van der Waals surface area contributed by atoms with Crippen molar-refractivity contribution in [3.8, 4) is 22.4 Å². The Labute approximate surface area is 186 Å². The van der Waals surface area contributed by atoms with Crippen LogP contribution in [-0.2, 0) is 16.6 Å². The molecule has 0 unspecified atom stereocenters. The third-order valence-corrected chi connectivity index (χ3v) is 8.04. The molecule has 3 aromatic rings. The molecule has 7 nitrogen and oxygen atoms in total. The quantitative estimate of drug-likeness (QED) is 0.569. The number of piperazine rings is 1. The maximum absolute atomic E-state index is 12.9. The van der Waals surface area contributed by atoms with Gasteiger partial charge in [-0.2, -0.15) is 9.57 Å². The van der Waals surface area contributed by atoms with Crippen molar-refractivity contribution in [1.29, 1.82) is 5.26 Å². The smallest absolute Gasteiger partial charge is 0.243 e. The molecule has 1 fully saturated rings. The van der Waals surface area contributed by atoms with Crippen LogP contribution in [0.1, 0.15) is 11.3 Å². The second-order valence-corrected chi connectivity index (χ2v) is 9.99. The molecule has 31 heavy (non-hydrogen) atoms. The Hall–Kier alpha value is -2.77. The lowest BCUT2D eigenvalue weighted by Gasteiger charge is -2.33. The molecule has 0 N–H and O–H groups in total. The molecule has 4 rings (SSSR count). The molecule has 1 aliphatic heterocycles. The van der Waals surface area contributed by atoms with Crippen LogP contribution in [-0.4, -0.2) is 55.9 Å². The van der Waals surface area contributed by atoms with Crippen molar-refractivity contribution in [2.75, 3.05) is 33.3 Å². The molecule has 0 bridgehead atoms. The van der Waals surface area contributed by atoms with E-state index in [1.807, 2.05) is 30.3 Å². The number of ether oxygens (including phenoxy) is 1. The Morgan fingerprint density at radius 3 is 2.55 bits per heavy atom. The zero-order valence-corrected chi connectivity index (χ0v) is 18.7. The van der Waals surface area contributed by atoms with E-state index in [0.717, 1.165) is 22.0 Å². The molecule has 9 heteroatoms. The predicted molar refractivity (Wildman–Crippen MR) is 119 cm³/mol. The fraction of sp³-hybridized carbons (Fsp3) is 0.273. The Morgan fingerprint density at radius 1 is 1.13 bits per heavy atom. The summed E-state index contributed by atoms with van der Waals surface area (Å²) < 4.78 is 32.5. The number of benzene rings is 2. The van der Waals surface area contributed by atoms with Crippen molar-refractivity contribution in [1.82, 2.24) is 14.2 Å². The molecular formula is C22H22N4O3S2. The summed E-state index contributed by atoms with van der Waals surface area (Å²) in [5.74, 6) is 0.813. The summed E-state index contributed by atoms with van der Waals surface area (Å²) in [6.07, 6.45) is 0. The summed E-state index contributed by atoms with van der Waals surface area (Å²) in [5.41, 5.74) is 2.37. The summed E-state index contributed by atoms with van der Waals surface area (Å²) in [7, 11) is -1.95. The van der Waals surface area contributed by atoms with Gasteiger partial charge in [-0.15, -0.1) is 11.3 Å². The van der Waals surface area contributed by atoms with E-state index in [1.54, 1.807) is 36.6 Å². The molecule has 1 aliphatic rings. The van der Waals surface area contributed by atoms with Gasteiger partial charge in [0.2, 0.25) is 10.0 Å². The first-order chi connectivity index (χ1) is 15.0. The highest BCUT2D eigenvalue weighted by atomic mass is 32.2. The van der Waals surface area contributed by atoms with Crippen LogP contribution in [0.3, 0.4) is 0 Å². The molecule has 0 spiro atoms. The Morgan fingerprint density at radius 2 is 1.87 bits per heavy atom. The topological polar surface area (TPSA) is 86.5 Å². The lowest BCUT2D eigenvalue weighted by molar-refractivity contribution is 0.180. The predicted octanol–water partition coefficient (Wildman–Crippen LogP) is 3.20. The van der Waals surface area contributed by atoms with Gasteiger partial charge in [0, 0.05) is 43.7 Å². The molecule has 0 atom stereocenters. The van der Waals surface area contributed by atoms with Gasteiger partial charge < -0.3 is 4.74 Å². The largest absolute Gasteiger partial charge is 0.497 e. The van der Waals surface area contributed by atoms with E-state index in [0.29, 0.717) is 38.3 Å². The van der Waals surface area contributed by atoms with Crippen LogP contribution >= 0.6 is 11.3 Å². The van der Waals surface area contributed by atoms with Crippen molar-refractivity contribution in [2.24, 2.45) is 0 Å². The van der Waals surface area contributed by atoms with E-state index in [4.69, 9.17) is 15.0 Å². The fourth-order valence-corrected chi connectivity index (χ4v) is 5.76. The SMILES string of the molecule is COc1ccc(-c2nc(CN3CCN(S(=O)(=O)c4cccc(C#N)c4)CC3)cs2)cc1. The van der Waals surface area contributed by atoms with Gasteiger partial charge in [-0.25, -0.2) is 13.4 Å². The second-order valence-electron chi connectivity index (χ2n) is 7.19. The van der Waals surface area contributed by atoms with E-state index >= 15 is 0 Å². The zero-order chi connectivity index (χ0) is 21.8. The Balaban J connectivity index is 1.37.